The van der Waals surface area contributed by atoms with E-state index in [1.807, 2.05) is 13.1 Å². The van der Waals surface area contributed by atoms with Crippen LogP contribution in [0.4, 0.5) is 0 Å². The number of rotatable bonds is 4. The molecule has 1 aromatic carbocycles. The molecular formula is C15H20BrNO2. The van der Waals surface area contributed by atoms with E-state index in [4.69, 9.17) is 9.47 Å². The molecule has 1 aromatic rings. The van der Waals surface area contributed by atoms with E-state index >= 15 is 0 Å². The number of halogens is 1. The summed E-state index contributed by atoms with van der Waals surface area (Å²) in [6.45, 7) is 6.52. The lowest BCUT2D eigenvalue weighted by atomic mass is 10.00. The first-order valence-electron chi connectivity index (χ1n) is 6.56. The molecule has 0 radical (unpaired) electrons. The second-order valence-electron chi connectivity index (χ2n) is 4.93. The van der Waals surface area contributed by atoms with Gasteiger partial charge < -0.3 is 14.8 Å². The molecule has 0 unspecified atom stereocenters. The molecule has 0 aliphatic carbocycles. The number of likely N-dealkylation sites (N-methyl/N-ethyl adjacent to an activating group) is 1. The highest BCUT2D eigenvalue weighted by Crippen LogP contribution is 2.39. The highest BCUT2D eigenvalue weighted by Gasteiger charge is 2.16. The molecule has 0 saturated heterocycles. The van der Waals surface area contributed by atoms with Crippen LogP contribution in [0.5, 0.6) is 11.5 Å². The van der Waals surface area contributed by atoms with E-state index in [1.165, 1.54) is 5.57 Å². The molecule has 0 bridgehead atoms. The lowest BCUT2D eigenvalue weighted by Gasteiger charge is -2.20. The van der Waals surface area contributed by atoms with Gasteiger partial charge in [-0.05, 0) is 46.6 Å². The summed E-state index contributed by atoms with van der Waals surface area (Å²) in [5.74, 6) is 2.14. The predicted octanol–water partition coefficient (Wildman–Crippen LogP) is 3.48. The lowest BCUT2D eigenvalue weighted by molar-refractivity contribution is 0.170. The maximum atomic E-state index is 5.65. The van der Waals surface area contributed by atoms with Gasteiger partial charge in [0.25, 0.3) is 0 Å². The van der Waals surface area contributed by atoms with Crippen LogP contribution in [0.25, 0.3) is 6.08 Å². The zero-order valence-electron chi connectivity index (χ0n) is 11.6. The van der Waals surface area contributed by atoms with E-state index in [2.05, 4.69) is 47.2 Å². The molecule has 0 amide bonds. The van der Waals surface area contributed by atoms with Crippen molar-refractivity contribution in [2.75, 3.05) is 26.8 Å². The van der Waals surface area contributed by atoms with Gasteiger partial charge in [0.2, 0.25) is 0 Å². The van der Waals surface area contributed by atoms with Crippen molar-refractivity contribution in [2.24, 2.45) is 5.92 Å². The first kappa shape index (κ1) is 14.4. The third-order valence-corrected chi connectivity index (χ3v) is 3.68. The first-order chi connectivity index (χ1) is 9.11. The van der Waals surface area contributed by atoms with Gasteiger partial charge in [0, 0.05) is 6.54 Å². The molecule has 104 valence electrons. The lowest BCUT2D eigenvalue weighted by Crippen LogP contribution is -2.16. The summed E-state index contributed by atoms with van der Waals surface area (Å²) in [6, 6.07) is 4.11. The molecule has 0 aromatic heterocycles. The highest BCUT2D eigenvalue weighted by atomic mass is 79.9. The van der Waals surface area contributed by atoms with E-state index in [0.29, 0.717) is 19.1 Å². The minimum Gasteiger partial charge on any atom is -0.486 e. The quantitative estimate of drug-likeness (QED) is 0.919. The molecule has 19 heavy (non-hydrogen) atoms. The molecule has 1 aliphatic heterocycles. The van der Waals surface area contributed by atoms with E-state index in [9.17, 15) is 0 Å². The number of hydrogen-bond acceptors (Lipinski definition) is 3. The van der Waals surface area contributed by atoms with Gasteiger partial charge in [-0.2, -0.15) is 0 Å². The maximum absolute atomic E-state index is 5.65. The van der Waals surface area contributed by atoms with Crippen molar-refractivity contribution in [3.05, 3.63) is 27.7 Å². The van der Waals surface area contributed by atoms with Crippen LogP contribution in [0.3, 0.4) is 0 Å². The van der Waals surface area contributed by atoms with Crippen molar-refractivity contribution < 1.29 is 9.47 Å². The first-order valence-corrected chi connectivity index (χ1v) is 7.35. The molecule has 3 nitrogen and oxygen atoms in total. The number of ether oxygens (including phenoxy) is 2. The van der Waals surface area contributed by atoms with Crippen LogP contribution >= 0.6 is 15.9 Å². The Morgan fingerprint density at radius 1 is 1.37 bits per heavy atom. The standard InChI is InChI=1S/C15H20BrNO2/c1-10(2)12(9-17-3)6-11-7-13(16)15-14(8-11)18-4-5-19-15/h6-8,10,17H,4-5,9H2,1-3H3. The van der Waals surface area contributed by atoms with Gasteiger partial charge in [0.15, 0.2) is 11.5 Å². The third kappa shape index (κ3) is 3.51. The van der Waals surface area contributed by atoms with Gasteiger partial charge in [-0.15, -0.1) is 0 Å². The number of fused-ring (bicyclic) bond motifs is 1. The Morgan fingerprint density at radius 3 is 2.79 bits per heavy atom. The predicted molar refractivity (Wildman–Crippen MR) is 81.9 cm³/mol. The Kier molecular flexibility index (Phi) is 4.88. The van der Waals surface area contributed by atoms with Crippen molar-refractivity contribution in [2.45, 2.75) is 13.8 Å². The molecule has 0 atom stereocenters. The van der Waals surface area contributed by atoms with Crippen molar-refractivity contribution >= 4 is 22.0 Å². The molecule has 0 spiro atoms. The summed E-state index contributed by atoms with van der Waals surface area (Å²) in [4.78, 5) is 0. The summed E-state index contributed by atoms with van der Waals surface area (Å²) in [5.41, 5.74) is 2.50. The molecule has 1 aliphatic rings. The van der Waals surface area contributed by atoms with Gasteiger partial charge in [-0.3, -0.25) is 0 Å². The second-order valence-corrected chi connectivity index (χ2v) is 5.79. The average Bonchev–Trinajstić information content (AvgIpc) is 2.38. The van der Waals surface area contributed by atoms with Crippen LogP contribution < -0.4 is 14.8 Å². The zero-order chi connectivity index (χ0) is 13.8. The van der Waals surface area contributed by atoms with Crippen molar-refractivity contribution in [3.63, 3.8) is 0 Å². The normalized spacial score (nSPS) is 14.9. The minimum absolute atomic E-state index is 0.513. The summed E-state index contributed by atoms with van der Waals surface area (Å²) >= 11 is 3.55. The van der Waals surface area contributed by atoms with Crippen LogP contribution in [-0.4, -0.2) is 26.8 Å². The third-order valence-electron chi connectivity index (χ3n) is 3.09. The molecule has 0 saturated carbocycles. The van der Waals surface area contributed by atoms with E-state index in [-0.39, 0.29) is 0 Å². The summed E-state index contributed by atoms with van der Waals surface area (Å²) in [7, 11) is 1.97. The van der Waals surface area contributed by atoms with Gasteiger partial charge >= 0.3 is 0 Å². The monoisotopic (exact) mass is 325 g/mol. The summed E-state index contributed by atoms with van der Waals surface area (Å²) in [5, 5.41) is 3.21. The molecular weight excluding hydrogens is 306 g/mol. The van der Waals surface area contributed by atoms with Gasteiger partial charge in [-0.25, -0.2) is 0 Å². The molecule has 1 N–H and O–H groups in total. The van der Waals surface area contributed by atoms with Crippen LogP contribution in [0.15, 0.2) is 22.2 Å². The number of benzene rings is 1. The largest absolute Gasteiger partial charge is 0.486 e. The Balaban J connectivity index is 2.34. The zero-order valence-corrected chi connectivity index (χ0v) is 13.2. The van der Waals surface area contributed by atoms with Gasteiger partial charge in [0.05, 0.1) is 4.47 Å². The van der Waals surface area contributed by atoms with Gasteiger partial charge in [-0.1, -0.05) is 25.5 Å². The fraction of sp³-hybridized carbons (Fsp3) is 0.467. The molecule has 1 heterocycles. The Labute approximate surface area is 123 Å². The Morgan fingerprint density at radius 2 is 2.11 bits per heavy atom. The van der Waals surface area contributed by atoms with Crippen LogP contribution in [0.2, 0.25) is 0 Å². The highest BCUT2D eigenvalue weighted by molar-refractivity contribution is 9.10. The van der Waals surface area contributed by atoms with Gasteiger partial charge in [0.1, 0.15) is 13.2 Å². The van der Waals surface area contributed by atoms with Crippen molar-refractivity contribution in [1.82, 2.24) is 5.32 Å². The SMILES string of the molecule is CNCC(=Cc1cc(Br)c2c(c1)OCCO2)C(C)C. The van der Waals surface area contributed by atoms with E-state index < -0.39 is 0 Å². The Hall–Kier alpha value is -1.00. The molecule has 4 heteroatoms. The minimum atomic E-state index is 0.513. The van der Waals surface area contributed by atoms with Crippen molar-refractivity contribution in [1.29, 1.82) is 0 Å². The van der Waals surface area contributed by atoms with Crippen LogP contribution in [0, 0.1) is 5.92 Å². The molecule has 0 fully saturated rings. The van der Waals surface area contributed by atoms with E-state index in [0.717, 1.165) is 28.1 Å². The van der Waals surface area contributed by atoms with Crippen molar-refractivity contribution in [3.8, 4) is 11.5 Å². The summed E-state index contributed by atoms with van der Waals surface area (Å²) in [6.07, 6.45) is 2.21. The topological polar surface area (TPSA) is 30.5 Å². The second kappa shape index (κ2) is 6.44. The number of hydrogen-bond donors (Lipinski definition) is 1. The average molecular weight is 326 g/mol. The van der Waals surface area contributed by atoms with E-state index in [1.54, 1.807) is 0 Å². The Bertz CT molecular complexity index is 483. The summed E-state index contributed by atoms with van der Waals surface area (Å²) < 4.78 is 12.2. The fourth-order valence-corrected chi connectivity index (χ4v) is 2.63. The number of nitrogens with one attached hydrogen (secondary N) is 1. The smallest absolute Gasteiger partial charge is 0.175 e. The fourth-order valence-electron chi connectivity index (χ4n) is 2.05. The van der Waals surface area contributed by atoms with Crippen LogP contribution in [0.1, 0.15) is 19.4 Å². The molecule has 2 rings (SSSR count). The maximum Gasteiger partial charge on any atom is 0.175 e. The van der Waals surface area contributed by atoms with Crippen LogP contribution in [-0.2, 0) is 0 Å².